The van der Waals surface area contributed by atoms with Gasteiger partial charge in [0.05, 0.1) is 4.47 Å². The number of carboxylic acids is 1. The van der Waals surface area contributed by atoms with Gasteiger partial charge >= 0.3 is 18.3 Å². The van der Waals surface area contributed by atoms with Crippen molar-refractivity contribution in [3.63, 3.8) is 0 Å². The third-order valence-electron chi connectivity index (χ3n) is 4.50. The maximum atomic E-state index is 12.5. The van der Waals surface area contributed by atoms with Gasteiger partial charge in [-0.3, -0.25) is 0 Å². The highest BCUT2D eigenvalue weighted by atomic mass is 79.9. The third-order valence-corrected chi connectivity index (χ3v) is 5.12. The van der Waals surface area contributed by atoms with Crippen molar-refractivity contribution in [2.75, 3.05) is 26.4 Å². The Labute approximate surface area is 228 Å². The largest absolute Gasteiger partial charge is 0.488 e. The molecular weight excluding hydrogens is 602 g/mol. The van der Waals surface area contributed by atoms with Gasteiger partial charge in [-0.25, -0.2) is 4.79 Å². The van der Waals surface area contributed by atoms with E-state index in [4.69, 9.17) is 9.47 Å². The summed E-state index contributed by atoms with van der Waals surface area (Å²) >= 11 is 3.36. The number of ether oxygens (including phenoxy) is 4. The second-order valence-electron chi connectivity index (χ2n) is 7.73. The number of hydrogen-bond acceptors (Lipinski definition) is 5. The molecule has 1 atom stereocenters. The van der Waals surface area contributed by atoms with Crippen molar-refractivity contribution in [1.82, 2.24) is 0 Å². The number of carboxylic acid groups (broad SMARTS) is 1. The molecule has 0 fully saturated rings. The van der Waals surface area contributed by atoms with Crippen LogP contribution in [-0.4, -0.2) is 56.0 Å². The van der Waals surface area contributed by atoms with Crippen LogP contribution >= 0.6 is 15.9 Å². The van der Waals surface area contributed by atoms with Crippen LogP contribution in [0, 0.1) is 11.8 Å². The Morgan fingerprint density at radius 1 is 1.00 bits per heavy atom. The van der Waals surface area contributed by atoms with E-state index >= 15 is 0 Å². The first-order valence-corrected chi connectivity index (χ1v) is 12.0. The van der Waals surface area contributed by atoms with Gasteiger partial charge in [-0.1, -0.05) is 17.9 Å². The van der Waals surface area contributed by atoms with E-state index in [1.807, 2.05) is 0 Å². The fraction of sp³-hybridized carbons (Fsp3) is 0.346. The van der Waals surface area contributed by atoms with Crippen molar-refractivity contribution in [2.45, 2.75) is 31.8 Å². The van der Waals surface area contributed by atoms with Crippen molar-refractivity contribution in [2.24, 2.45) is 0 Å². The summed E-state index contributed by atoms with van der Waals surface area (Å²) in [6.45, 7) is -1.22. The number of halogens is 7. The molecule has 0 aromatic heterocycles. The zero-order valence-electron chi connectivity index (χ0n) is 20.4. The molecule has 2 aromatic rings. The van der Waals surface area contributed by atoms with E-state index in [1.54, 1.807) is 25.1 Å². The average Bonchev–Trinajstić information content (AvgIpc) is 2.83. The summed E-state index contributed by atoms with van der Waals surface area (Å²) in [6, 6.07) is 8.25. The molecule has 0 heterocycles. The van der Waals surface area contributed by atoms with E-state index < -0.39 is 37.6 Å². The summed E-state index contributed by atoms with van der Waals surface area (Å²) in [5, 5.41) is 9.21. The van der Waals surface area contributed by atoms with Gasteiger partial charge in [0.25, 0.3) is 0 Å². The van der Waals surface area contributed by atoms with Crippen molar-refractivity contribution in [3.05, 3.63) is 64.1 Å². The number of allylic oxidation sites excluding steroid dienone is 1. The molecule has 13 heteroatoms. The lowest BCUT2D eigenvalue weighted by molar-refractivity contribution is -0.154. The van der Waals surface area contributed by atoms with Gasteiger partial charge in [0.15, 0.2) is 19.3 Å². The number of carbonyl (C=O) groups is 1. The molecule has 0 bridgehead atoms. The molecule has 0 aliphatic heterocycles. The molecule has 0 saturated heterocycles. The Hall–Kier alpha value is -3.37. The van der Waals surface area contributed by atoms with Gasteiger partial charge in [0.1, 0.15) is 23.9 Å². The molecule has 0 amide bonds. The molecule has 0 aliphatic carbocycles. The van der Waals surface area contributed by atoms with Gasteiger partial charge in [-0.2, -0.15) is 26.3 Å². The summed E-state index contributed by atoms with van der Waals surface area (Å²) < 4.78 is 95.4. The highest BCUT2D eigenvalue weighted by molar-refractivity contribution is 9.10. The summed E-state index contributed by atoms with van der Waals surface area (Å²) in [6.07, 6.45) is -7.16. The minimum absolute atomic E-state index is 0.0717. The van der Waals surface area contributed by atoms with E-state index in [-0.39, 0.29) is 36.7 Å². The molecule has 39 heavy (non-hydrogen) atoms. The Bertz CT molecular complexity index is 1160. The molecule has 1 N–H and O–H groups in total. The average molecular weight is 625 g/mol. The van der Waals surface area contributed by atoms with Gasteiger partial charge in [-0.05, 0) is 64.8 Å². The summed E-state index contributed by atoms with van der Waals surface area (Å²) in [5.74, 6) is 3.90. The van der Waals surface area contributed by atoms with Crippen LogP contribution in [0.15, 0.2) is 53.0 Å². The Morgan fingerprint density at radius 3 is 2.13 bits per heavy atom. The molecule has 1 unspecified atom stereocenters. The molecule has 212 valence electrons. The lowest BCUT2D eigenvalue weighted by Gasteiger charge is -2.13. The van der Waals surface area contributed by atoms with Crippen molar-refractivity contribution in [1.29, 1.82) is 0 Å². The first-order valence-electron chi connectivity index (χ1n) is 11.2. The van der Waals surface area contributed by atoms with Gasteiger partial charge in [0, 0.05) is 24.7 Å². The SMILES string of the molecule is CCOC(Cc1ccc(OCC=CC#Cc2cc(OCC(F)(F)F)cc(OCC(F)(F)F)c2)c(Br)c1)C(=O)O. The van der Waals surface area contributed by atoms with E-state index in [1.165, 1.54) is 12.2 Å². The molecule has 2 aromatic carbocycles. The number of benzene rings is 2. The number of rotatable bonds is 12. The van der Waals surface area contributed by atoms with Crippen LogP contribution in [0.5, 0.6) is 17.2 Å². The van der Waals surface area contributed by atoms with Crippen molar-refractivity contribution in [3.8, 4) is 29.1 Å². The fourth-order valence-electron chi connectivity index (χ4n) is 2.93. The number of alkyl halides is 6. The summed E-state index contributed by atoms with van der Waals surface area (Å²) in [4.78, 5) is 11.3. The maximum Gasteiger partial charge on any atom is 0.422 e. The molecule has 2 rings (SSSR count). The Kier molecular flexibility index (Phi) is 12.0. The van der Waals surface area contributed by atoms with Crippen LogP contribution in [0.1, 0.15) is 18.1 Å². The van der Waals surface area contributed by atoms with E-state index in [0.717, 1.165) is 23.8 Å². The van der Waals surface area contributed by atoms with Crippen LogP contribution < -0.4 is 14.2 Å². The summed E-state index contributed by atoms with van der Waals surface area (Å²) in [7, 11) is 0. The summed E-state index contributed by atoms with van der Waals surface area (Å²) in [5.41, 5.74) is 0.791. The van der Waals surface area contributed by atoms with Crippen LogP contribution in [-0.2, 0) is 16.0 Å². The highest BCUT2D eigenvalue weighted by Gasteiger charge is 2.30. The molecular formula is C26H23BrF6O6. The van der Waals surface area contributed by atoms with Crippen molar-refractivity contribution < 1.29 is 55.2 Å². The monoisotopic (exact) mass is 624 g/mol. The first kappa shape index (κ1) is 31.8. The number of hydrogen-bond donors (Lipinski definition) is 1. The zero-order chi connectivity index (χ0) is 29.1. The minimum atomic E-state index is -4.64. The second-order valence-corrected chi connectivity index (χ2v) is 8.59. The lowest BCUT2D eigenvalue weighted by atomic mass is 10.1. The van der Waals surface area contributed by atoms with Gasteiger partial charge in [-0.15, -0.1) is 0 Å². The van der Waals surface area contributed by atoms with Crippen LogP contribution in [0.3, 0.4) is 0 Å². The number of aliphatic carboxylic acids is 1. The Balaban J connectivity index is 2.02. The second kappa shape index (κ2) is 14.7. The quantitative estimate of drug-likeness (QED) is 0.219. The molecule has 0 saturated carbocycles. The molecule has 0 radical (unpaired) electrons. The highest BCUT2D eigenvalue weighted by Crippen LogP contribution is 2.28. The molecule has 6 nitrogen and oxygen atoms in total. The fourth-order valence-corrected chi connectivity index (χ4v) is 3.47. The maximum absolute atomic E-state index is 12.5. The molecule has 0 aliphatic rings. The zero-order valence-corrected chi connectivity index (χ0v) is 22.0. The van der Waals surface area contributed by atoms with Crippen LogP contribution in [0.2, 0.25) is 0 Å². The van der Waals surface area contributed by atoms with Crippen molar-refractivity contribution >= 4 is 21.9 Å². The van der Waals surface area contributed by atoms with E-state index in [2.05, 4.69) is 37.2 Å². The third kappa shape index (κ3) is 12.8. The molecule has 0 spiro atoms. The predicted octanol–water partition coefficient (Wildman–Crippen LogP) is 6.35. The normalized spacial score (nSPS) is 12.5. The smallest absolute Gasteiger partial charge is 0.422 e. The van der Waals surface area contributed by atoms with E-state index in [0.29, 0.717) is 10.2 Å². The van der Waals surface area contributed by atoms with Gasteiger partial charge < -0.3 is 24.1 Å². The van der Waals surface area contributed by atoms with Crippen LogP contribution in [0.25, 0.3) is 0 Å². The predicted molar refractivity (Wildman–Crippen MR) is 132 cm³/mol. The van der Waals surface area contributed by atoms with Gasteiger partial charge in [0.2, 0.25) is 0 Å². The first-order chi connectivity index (χ1) is 18.3. The topological polar surface area (TPSA) is 74.2 Å². The Morgan fingerprint density at radius 2 is 1.62 bits per heavy atom. The van der Waals surface area contributed by atoms with E-state index in [9.17, 15) is 36.2 Å². The standard InChI is InChI=1S/C26H23BrF6O6/c1-2-36-23(24(34)35)13-18-7-8-22(21(27)12-18)37-9-5-3-4-6-17-10-19(38-15-25(28,29)30)14-20(11-17)39-16-26(31,32)33/h3,5,7-8,10-12,14,23H,2,9,13,15-16H2,1H3,(H,34,35). The lowest BCUT2D eigenvalue weighted by Crippen LogP contribution is -2.26. The van der Waals surface area contributed by atoms with Crippen LogP contribution in [0.4, 0.5) is 26.3 Å². The minimum Gasteiger partial charge on any atom is -0.488 e.